The van der Waals surface area contributed by atoms with E-state index in [0.29, 0.717) is 23.1 Å². The Hall–Kier alpha value is -2.81. The van der Waals surface area contributed by atoms with E-state index in [4.69, 9.17) is 9.72 Å². The number of anilines is 3. The van der Waals surface area contributed by atoms with Gasteiger partial charge in [-0.1, -0.05) is 6.42 Å². The van der Waals surface area contributed by atoms with Gasteiger partial charge in [-0.3, -0.25) is 4.21 Å². The Morgan fingerprint density at radius 1 is 1.33 bits per heavy atom. The molecular weight excluding hydrogens is 402 g/mol. The average molecular weight is 430 g/mol. The van der Waals surface area contributed by atoms with Crippen molar-refractivity contribution in [3.63, 3.8) is 0 Å². The second-order valence-corrected chi connectivity index (χ2v) is 9.69. The van der Waals surface area contributed by atoms with E-state index in [-0.39, 0.29) is 10.5 Å². The molecule has 1 aromatic carbocycles. The average Bonchev–Trinajstić information content (AvgIpc) is 3.00. The SMILES string of the molecule is CN/C=C(\O)c1ccc(Nc2nc3c(c(N(C)C)n2)S(=O)C2(CCC2)C3)cc1OC. The minimum absolute atomic E-state index is 0.0813. The van der Waals surface area contributed by atoms with Gasteiger partial charge in [-0.05, 0) is 25.0 Å². The van der Waals surface area contributed by atoms with Gasteiger partial charge in [-0.2, -0.15) is 4.98 Å². The fourth-order valence-electron chi connectivity index (χ4n) is 4.00. The van der Waals surface area contributed by atoms with Crippen LogP contribution in [0.5, 0.6) is 5.75 Å². The summed E-state index contributed by atoms with van der Waals surface area (Å²) in [5.74, 6) is 1.75. The summed E-state index contributed by atoms with van der Waals surface area (Å²) in [6.45, 7) is 0. The van der Waals surface area contributed by atoms with Crippen molar-refractivity contribution in [3.05, 3.63) is 35.7 Å². The zero-order valence-electron chi connectivity index (χ0n) is 17.7. The molecule has 1 aliphatic carbocycles. The van der Waals surface area contributed by atoms with Crippen LogP contribution in [0.2, 0.25) is 0 Å². The topological polar surface area (TPSA) is 99.6 Å². The molecule has 1 aliphatic heterocycles. The number of nitrogens with zero attached hydrogens (tertiary/aromatic N) is 3. The molecule has 0 radical (unpaired) electrons. The molecule has 0 saturated heterocycles. The standard InChI is InChI=1S/C21H27N5O3S/c1-22-12-16(27)14-7-6-13(10-17(14)29-4)23-20-24-15-11-21(8-5-9-21)30(28)18(15)19(25-20)26(2)3/h6-7,10,12,22,27H,5,8-9,11H2,1-4H3,(H,23,24,25)/b16-12-. The summed E-state index contributed by atoms with van der Waals surface area (Å²) < 4.78 is 18.4. The Morgan fingerprint density at radius 2 is 2.10 bits per heavy atom. The van der Waals surface area contributed by atoms with Gasteiger partial charge in [-0.25, -0.2) is 4.98 Å². The lowest BCUT2D eigenvalue weighted by Gasteiger charge is -2.36. The number of aliphatic hydroxyl groups excluding tert-OH is 1. The highest BCUT2D eigenvalue weighted by Gasteiger charge is 2.51. The molecule has 160 valence electrons. The molecule has 1 spiro atoms. The Bertz CT molecular complexity index is 1030. The van der Waals surface area contributed by atoms with Crippen molar-refractivity contribution >= 4 is 34.0 Å². The van der Waals surface area contributed by atoms with E-state index in [9.17, 15) is 9.32 Å². The zero-order valence-corrected chi connectivity index (χ0v) is 18.5. The summed E-state index contributed by atoms with van der Waals surface area (Å²) >= 11 is 0. The fourth-order valence-corrected chi connectivity index (χ4v) is 6.08. The number of ether oxygens (including phenoxy) is 1. The number of methoxy groups -OCH3 is 1. The molecule has 30 heavy (non-hydrogen) atoms. The van der Waals surface area contributed by atoms with Crippen LogP contribution >= 0.6 is 0 Å². The molecule has 9 heteroatoms. The Morgan fingerprint density at radius 3 is 2.70 bits per heavy atom. The van der Waals surface area contributed by atoms with E-state index in [0.717, 1.165) is 42.0 Å². The molecule has 8 nitrogen and oxygen atoms in total. The third-order valence-corrected chi connectivity index (χ3v) is 7.82. The maximum atomic E-state index is 13.2. The predicted molar refractivity (Wildman–Crippen MR) is 119 cm³/mol. The second kappa shape index (κ2) is 7.79. The monoisotopic (exact) mass is 429 g/mol. The van der Waals surface area contributed by atoms with E-state index in [1.807, 2.05) is 25.1 Å². The lowest BCUT2D eigenvalue weighted by atomic mass is 9.81. The van der Waals surface area contributed by atoms with Crippen molar-refractivity contribution in [2.75, 3.05) is 38.5 Å². The first-order chi connectivity index (χ1) is 14.4. The quantitative estimate of drug-likeness (QED) is 0.603. The van der Waals surface area contributed by atoms with E-state index in [1.165, 1.54) is 6.20 Å². The largest absolute Gasteiger partial charge is 0.506 e. The fraction of sp³-hybridized carbons (Fsp3) is 0.429. The Balaban J connectivity index is 1.68. The van der Waals surface area contributed by atoms with Crippen molar-refractivity contribution in [2.24, 2.45) is 0 Å². The van der Waals surface area contributed by atoms with E-state index < -0.39 is 10.8 Å². The van der Waals surface area contributed by atoms with Gasteiger partial charge in [0.05, 0.1) is 33.9 Å². The van der Waals surface area contributed by atoms with Crippen LogP contribution in [0.4, 0.5) is 17.5 Å². The number of rotatable bonds is 6. The first kappa shape index (κ1) is 20.5. The van der Waals surface area contributed by atoms with Crippen LogP contribution in [0.25, 0.3) is 5.76 Å². The molecule has 3 N–H and O–H groups in total. The smallest absolute Gasteiger partial charge is 0.229 e. The molecule has 4 rings (SSSR count). The highest BCUT2D eigenvalue weighted by atomic mass is 32.2. The van der Waals surface area contributed by atoms with Gasteiger partial charge in [-0.15, -0.1) is 0 Å². The lowest BCUT2D eigenvalue weighted by Crippen LogP contribution is -2.39. The van der Waals surface area contributed by atoms with Crippen LogP contribution in [-0.4, -0.2) is 52.3 Å². The van der Waals surface area contributed by atoms with Crippen LogP contribution in [0.3, 0.4) is 0 Å². The van der Waals surface area contributed by atoms with Crippen molar-refractivity contribution in [2.45, 2.75) is 35.3 Å². The van der Waals surface area contributed by atoms with Crippen LogP contribution < -0.4 is 20.3 Å². The molecule has 2 aliphatic rings. The second-order valence-electron chi connectivity index (χ2n) is 7.88. The summed E-state index contributed by atoms with van der Waals surface area (Å²) in [6, 6.07) is 5.38. The summed E-state index contributed by atoms with van der Waals surface area (Å²) in [5.41, 5.74) is 2.17. The minimum Gasteiger partial charge on any atom is -0.506 e. The van der Waals surface area contributed by atoms with E-state index in [2.05, 4.69) is 15.6 Å². The summed E-state index contributed by atoms with van der Waals surface area (Å²) in [4.78, 5) is 12.0. The lowest BCUT2D eigenvalue weighted by molar-refractivity contribution is 0.355. The number of nitrogens with one attached hydrogen (secondary N) is 2. The van der Waals surface area contributed by atoms with Gasteiger partial charge in [0.1, 0.15) is 22.2 Å². The first-order valence-corrected chi connectivity index (χ1v) is 11.1. The Labute approximate surface area is 178 Å². The van der Waals surface area contributed by atoms with Crippen LogP contribution in [0.15, 0.2) is 29.3 Å². The van der Waals surface area contributed by atoms with Crippen molar-refractivity contribution < 1.29 is 14.1 Å². The minimum atomic E-state index is -1.07. The number of benzene rings is 1. The van der Waals surface area contributed by atoms with Gasteiger partial charge in [0, 0.05) is 45.5 Å². The Kier molecular flexibility index (Phi) is 5.31. The van der Waals surface area contributed by atoms with Gasteiger partial charge in [0.2, 0.25) is 5.95 Å². The molecular formula is C21H27N5O3S. The van der Waals surface area contributed by atoms with Gasteiger partial charge < -0.3 is 25.4 Å². The maximum absolute atomic E-state index is 13.2. The molecule has 2 aromatic rings. The van der Waals surface area contributed by atoms with Crippen molar-refractivity contribution in [1.82, 2.24) is 15.3 Å². The highest BCUT2D eigenvalue weighted by molar-refractivity contribution is 7.87. The molecule has 1 saturated carbocycles. The van der Waals surface area contributed by atoms with Crippen LogP contribution in [0.1, 0.15) is 30.5 Å². The van der Waals surface area contributed by atoms with E-state index >= 15 is 0 Å². The predicted octanol–water partition coefficient (Wildman–Crippen LogP) is 2.96. The normalized spacial score (nSPS) is 19.2. The summed E-state index contributed by atoms with van der Waals surface area (Å²) in [7, 11) is 6.01. The van der Waals surface area contributed by atoms with Crippen molar-refractivity contribution in [3.8, 4) is 5.75 Å². The summed E-state index contributed by atoms with van der Waals surface area (Å²) in [6.07, 6.45) is 5.31. The molecule has 2 heterocycles. The molecule has 1 unspecified atom stereocenters. The van der Waals surface area contributed by atoms with Crippen molar-refractivity contribution in [1.29, 1.82) is 0 Å². The molecule has 1 fully saturated rings. The number of hydrogen-bond donors (Lipinski definition) is 3. The number of aliphatic hydroxyl groups is 1. The van der Waals surface area contributed by atoms with Crippen LogP contribution in [0, 0.1) is 0 Å². The molecule has 0 amide bonds. The van der Waals surface area contributed by atoms with Gasteiger partial charge in [0.15, 0.2) is 0 Å². The molecule has 1 atom stereocenters. The number of aromatic nitrogens is 2. The van der Waals surface area contributed by atoms with Gasteiger partial charge in [0.25, 0.3) is 0 Å². The molecule has 0 bridgehead atoms. The highest BCUT2D eigenvalue weighted by Crippen LogP contribution is 2.50. The zero-order chi connectivity index (χ0) is 21.5. The first-order valence-electron chi connectivity index (χ1n) is 9.90. The number of hydrogen-bond acceptors (Lipinski definition) is 8. The number of fused-ring (bicyclic) bond motifs is 1. The third-order valence-electron chi connectivity index (χ3n) is 5.69. The summed E-state index contributed by atoms with van der Waals surface area (Å²) in [5, 5.41) is 16.2. The van der Waals surface area contributed by atoms with Gasteiger partial charge >= 0.3 is 0 Å². The molecule has 1 aromatic heterocycles. The maximum Gasteiger partial charge on any atom is 0.229 e. The van der Waals surface area contributed by atoms with Crippen LogP contribution in [-0.2, 0) is 17.2 Å². The van der Waals surface area contributed by atoms with E-state index in [1.54, 1.807) is 26.3 Å². The third kappa shape index (κ3) is 3.36.